The summed E-state index contributed by atoms with van der Waals surface area (Å²) in [4.78, 5) is 17.2. The Morgan fingerprint density at radius 2 is 2.14 bits per heavy atom. The molecule has 1 fully saturated rings. The van der Waals surface area contributed by atoms with E-state index in [1.165, 1.54) is 0 Å². The number of piperidine rings is 1. The SMILES string of the molecule is O=C1CC[C@@H](c2c(O)ccc(Cl)c2Cl)CN1[C@H]1CC=[NH+]C1. The molecule has 3 rings (SSSR count). The van der Waals surface area contributed by atoms with Crippen LogP contribution in [0, 0.1) is 0 Å². The van der Waals surface area contributed by atoms with Gasteiger partial charge in [-0.05, 0) is 18.6 Å². The summed E-state index contributed by atoms with van der Waals surface area (Å²) in [7, 11) is 0. The number of hydrogen-bond donors (Lipinski definition) is 2. The van der Waals surface area contributed by atoms with Gasteiger partial charge in [-0.2, -0.15) is 0 Å². The molecule has 2 atom stereocenters. The average Bonchev–Trinajstić information content (AvgIpc) is 2.99. The lowest BCUT2D eigenvalue weighted by Crippen LogP contribution is -2.69. The zero-order valence-electron chi connectivity index (χ0n) is 11.5. The minimum Gasteiger partial charge on any atom is -0.508 e. The van der Waals surface area contributed by atoms with Gasteiger partial charge in [-0.3, -0.25) is 4.79 Å². The predicted molar refractivity (Wildman–Crippen MR) is 82.1 cm³/mol. The number of hydrogen-bond acceptors (Lipinski definition) is 2. The highest BCUT2D eigenvalue weighted by Crippen LogP contribution is 2.41. The molecule has 0 unspecified atom stereocenters. The topological polar surface area (TPSA) is 54.5 Å². The van der Waals surface area contributed by atoms with Crippen LogP contribution in [0.1, 0.15) is 30.7 Å². The molecule has 1 saturated heterocycles. The number of carbonyl (C=O) groups excluding carboxylic acids is 1. The number of aromatic hydroxyl groups is 1. The molecule has 1 aromatic rings. The Bertz CT molecular complexity index is 596. The minimum atomic E-state index is 0.0227. The predicted octanol–water partition coefficient (Wildman–Crippen LogP) is 1.33. The van der Waals surface area contributed by atoms with Crippen molar-refractivity contribution in [3.63, 3.8) is 0 Å². The monoisotopic (exact) mass is 327 g/mol. The van der Waals surface area contributed by atoms with E-state index in [0.717, 1.165) is 13.0 Å². The second kappa shape index (κ2) is 5.85. The molecule has 2 heterocycles. The molecule has 2 N–H and O–H groups in total. The van der Waals surface area contributed by atoms with Gasteiger partial charge in [0.2, 0.25) is 5.91 Å². The van der Waals surface area contributed by atoms with Gasteiger partial charge in [-0.25, -0.2) is 4.99 Å². The Hall–Kier alpha value is -1.26. The van der Waals surface area contributed by atoms with Crippen molar-refractivity contribution in [2.75, 3.05) is 13.1 Å². The van der Waals surface area contributed by atoms with Gasteiger partial charge in [0.05, 0.1) is 22.5 Å². The first kappa shape index (κ1) is 14.7. The lowest BCUT2D eigenvalue weighted by atomic mass is 9.88. The van der Waals surface area contributed by atoms with Crippen molar-refractivity contribution in [2.24, 2.45) is 0 Å². The third kappa shape index (κ3) is 2.74. The normalized spacial score (nSPS) is 25.6. The standard InChI is InChI=1S/C15H16Cl2N2O2/c16-11-2-3-12(20)14(15(11)17)9-1-4-13(21)19(8-9)10-5-6-18-7-10/h2-3,6,9-10,20H,1,4-5,7-8H2/p+1/t9-,10+/m1/s1. The largest absolute Gasteiger partial charge is 0.508 e. The van der Waals surface area contributed by atoms with Gasteiger partial charge in [0.15, 0.2) is 6.54 Å². The number of amides is 1. The van der Waals surface area contributed by atoms with Crippen molar-refractivity contribution >= 4 is 35.3 Å². The summed E-state index contributed by atoms with van der Waals surface area (Å²) in [6, 6.07) is 3.35. The van der Waals surface area contributed by atoms with E-state index in [9.17, 15) is 9.90 Å². The Morgan fingerprint density at radius 1 is 1.33 bits per heavy atom. The van der Waals surface area contributed by atoms with Gasteiger partial charge in [0.1, 0.15) is 12.0 Å². The first-order valence-electron chi connectivity index (χ1n) is 7.09. The molecule has 0 aromatic heterocycles. The quantitative estimate of drug-likeness (QED) is 0.861. The van der Waals surface area contributed by atoms with Gasteiger partial charge in [0, 0.05) is 24.4 Å². The first-order chi connectivity index (χ1) is 10.1. The molecule has 2 aliphatic rings. The molecule has 1 aromatic carbocycles. The number of likely N-dealkylation sites (tertiary alicyclic amines) is 1. The van der Waals surface area contributed by atoms with Crippen LogP contribution >= 0.6 is 23.2 Å². The second-order valence-corrected chi connectivity index (χ2v) is 6.36. The van der Waals surface area contributed by atoms with E-state index >= 15 is 0 Å². The van der Waals surface area contributed by atoms with E-state index in [1.54, 1.807) is 12.1 Å². The molecule has 0 radical (unpaired) electrons. The van der Waals surface area contributed by atoms with Crippen LogP contribution in [0.25, 0.3) is 0 Å². The molecule has 0 spiro atoms. The molecule has 6 heteroatoms. The summed E-state index contributed by atoms with van der Waals surface area (Å²) >= 11 is 12.3. The fraction of sp³-hybridized carbons (Fsp3) is 0.467. The maximum Gasteiger partial charge on any atom is 0.223 e. The maximum atomic E-state index is 12.2. The molecular weight excluding hydrogens is 311 g/mol. The molecule has 112 valence electrons. The molecule has 0 bridgehead atoms. The van der Waals surface area contributed by atoms with E-state index in [0.29, 0.717) is 35.0 Å². The van der Waals surface area contributed by atoms with Crippen molar-refractivity contribution in [3.8, 4) is 5.75 Å². The minimum absolute atomic E-state index is 0.0227. The van der Waals surface area contributed by atoms with Crippen LogP contribution in [-0.4, -0.2) is 41.3 Å². The summed E-state index contributed by atoms with van der Waals surface area (Å²) in [5.74, 6) is 0.347. The van der Waals surface area contributed by atoms with E-state index < -0.39 is 0 Å². The average molecular weight is 328 g/mol. The zero-order chi connectivity index (χ0) is 15.0. The van der Waals surface area contributed by atoms with E-state index in [2.05, 4.69) is 4.99 Å². The molecular formula is C15H17Cl2N2O2+. The van der Waals surface area contributed by atoms with Crippen LogP contribution in [0.3, 0.4) is 0 Å². The van der Waals surface area contributed by atoms with E-state index in [1.807, 2.05) is 11.1 Å². The first-order valence-corrected chi connectivity index (χ1v) is 7.85. The lowest BCUT2D eigenvalue weighted by Gasteiger charge is -2.36. The molecule has 4 nitrogen and oxygen atoms in total. The number of phenolic OH excluding ortho intramolecular Hbond substituents is 1. The van der Waals surface area contributed by atoms with Crippen LogP contribution in [-0.2, 0) is 4.79 Å². The number of nitrogens with zero attached hydrogens (tertiary/aromatic N) is 1. The Morgan fingerprint density at radius 3 is 2.86 bits per heavy atom. The van der Waals surface area contributed by atoms with Crippen LogP contribution in [0.15, 0.2) is 12.1 Å². The van der Waals surface area contributed by atoms with Gasteiger partial charge in [0.25, 0.3) is 0 Å². The fourth-order valence-corrected chi connectivity index (χ4v) is 3.64. The molecule has 1 amide bonds. The number of carbonyl (C=O) groups is 1. The van der Waals surface area contributed by atoms with Gasteiger partial charge < -0.3 is 10.0 Å². The summed E-state index contributed by atoms with van der Waals surface area (Å²) < 4.78 is 0. The Kier molecular flexibility index (Phi) is 4.09. The summed E-state index contributed by atoms with van der Waals surface area (Å²) in [5, 5.41) is 10.9. The number of phenols is 1. The van der Waals surface area contributed by atoms with Crippen molar-refractivity contribution in [1.29, 1.82) is 0 Å². The molecule has 2 aliphatic heterocycles. The molecule has 0 aliphatic carbocycles. The van der Waals surface area contributed by atoms with Crippen molar-refractivity contribution in [2.45, 2.75) is 31.2 Å². The zero-order valence-corrected chi connectivity index (χ0v) is 13.0. The van der Waals surface area contributed by atoms with Crippen LogP contribution in [0.5, 0.6) is 5.75 Å². The van der Waals surface area contributed by atoms with Gasteiger partial charge in [-0.15, -0.1) is 0 Å². The lowest BCUT2D eigenvalue weighted by molar-refractivity contribution is -0.447. The van der Waals surface area contributed by atoms with Crippen molar-refractivity contribution in [3.05, 3.63) is 27.7 Å². The Labute approximate surface area is 133 Å². The molecule has 21 heavy (non-hydrogen) atoms. The smallest absolute Gasteiger partial charge is 0.223 e. The van der Waals surface area contributed by atoms with Gasteiger partial charge >= 0.3 is 0 Å². The number of nitrogens with one attached hydrogen (secondary N) is 1. The van der Waals surface area contributed by atoms with Crippen molar-refractivity contribution < 1.29 is 14.9 Å². The highest BCUT2D eigenvalue weighted by molar-refractivity contribution is 6.42. The summed E-state index contributed by atoms with van der Waals surface area (Å²) in [5.41, 5.74) is 0.664. The van der Waals surface area contributed by atoms with Crippen LogP contribution < -0.4 is 4.99 Å². The van der Waals surface area contributed by atoms with Crippen LogP contribution in [0.4, 0.5) is 0 Å². The number of halogens is 2. The van der Waals surface area contributed by atoms with Crippen LogP contribution in [0.2, 0.25) is 10.0 Å². The van der Waals surface area contributed by atoms with E-state index in [4.69, 9.17) is 23.2 Å². The van der Waals surface area contributed by atoms with E-state index in [-0.39, 0.29) is 23.6 Å². The molecule has 0 saturated carbocycles. The van der Waals surface area contributed by atoms with Gasteiger partial charge in [-0.1, -0.05) is 23.2 Å². The second-order valence-electron chi connectivity index (χ2n) is 5.58. The maximum absolute atomic E-state index is 12.2. The Balaban J connectivity index is 1.86. The third-order valence-electron chi connectivity index (χ3n) is 4.29. The number of benzene rings is 1. The summed E-state index contributed by atoms with van der Waals surface area (Å²) in [6.07, 6.45) is 4.01. The summed E-state index contributed by atoms with van der Waals surface area (Å²) in [6.45, 7) is 1.36. The highest BCUT2D eigenvalue weighted by atomic mass is 35.5. The number of rotatable bonds is 2. The third-order valence-corrected chi connectivity index (χ3v) is 5.11. The highest BCUT2D eigenvalue weighted by Gasteiger charge is 2.35. The van der Waals surface area contributed by atoms with Crippen molar-refractivity contribution in [1.82, 2.24) is 4.90 Å². The fourth-order valence-electron chi connectivity index (χ4n) is 3.16.